The van der Waals surface area contributed by atoms with E-state index < -0.39 is 35.1 Å². The van der Waals surface area contributed by atoms with Crippen LogP contribution >= 0.6 is 0 Å². The third kappa shape index (κ3) is 3.18. The van der Waals surface area contributed by atoms with Gasteiger partial charge in [-0.25, -0.2) is 22.4 Å². The molecule has 1 amide bonds. The molecule has 1 unspecified atom stereocenters. The Kier molecular flexibility index (Phi) is 4.35. The minimum absolute atomic E-state index is 0.0306. The highest BCUT2D eigenvalue weighted by Gasteiger charge is 2.42. The number of carbonyl (C=O) groups is 1. The summed E-state index contributed by atoms with van der Waals surface area (Å²) in [5, 5.41) is 8.80. The maximum Gasteiger partial charge on any atom is 0.407 e. The van der Waals surface area contributed by atoms with Gasteiger partial charge in [0.25, 0.3) is 0 Å². The normalized spacial score (nSPS) is 17.3. The van der Waals surface area contributed by atoms with E-state index in [0.29, 0.717) is 25.2 Å². The van der Waals surface area contributed by atoms with E-state index in [2.05, 4.69) is 0 Å². The molecule has 1 aromatic carbocycles. The Morgan fingerprint density at radius 1 is 1.32 bits per heavy atom. The van der Waals surface area contributed by atoms with Crippen LogP contribution in [0.3, 0.4) is 0 Å². The first kappa shape index (κ1) is 16.6. The third-order valence-corrected chi connectivity index (χ3v) is 4.33. The van der Waals surface area contributed by atoms with E-state index in [-0.39, 0.29) is 17.9 Å². The zero-order valence-corrected chi connectivity index (χ0v) is 12.2. The van der Waals surface area contributed by atoms with Gasteiger partial charge in [0.05, 0.1) is 0 Å². The molecule has 0 radical (unpaired) electrons. The average molecular weight is 319 g/mol. The molecule has 3 nitrogen and oxygen atoms in total. The number of amides is 1. The summed E-state index contributed by atoms with van der Waals surface area (Å²) < 4.78 is 53.5. The predicted molar refractivity (Wildman–Crippen MR) is 71.7 cm³/mol. The van der Waals surface area contributed by atoms with Crippen LogP contribution in [0.5, 0.6) is 0 Å². The number of carboxylic acid groups (broad SMARTS) is 1. The quantitative estimate of drug-likeness (QED) is 0.669. The molecular formula is C15H17F4NO2. The van der Waals surface area contributed by atoms with Crippen LogP contribution in [-0.2, 0) is 0 Å². The average Bonchev–Trinajstić information content (AvgIpc) is 2.31. The second-order valence-electron chi connectivity index (χ2n) is 6.34. The maximum absolute atomic E-state index is 14.3. The van der Waals surface area contributed by atoms with Crippen LogP contribution in [0.4, 0.5) is 22.4 Å². The molecular weight excluding hydrogens is 302 g/mol. The van der Waals surface area contributed by atoms with Crippen molar-refractivity contribution in [3.8, 4) is 0 Å². The third-order valence-electron chi connectivity index (χ3n) is 4.33. The van der Waals surface area contributed by atoms with Crippen LogP contribution in [0, 0.1) is 28.8 Å². The van der Waals surface area contributed by atoms with Crippen molar-refractivity contribution >= 4 is 6.09 Å². The SMILES string of the molecule is CC(C)(CC(F)c1cc(F)c(F)c(F)c1)C1CN(C(=O)O)C1. The molecule has 1 atom stereocenters. The summed E-state index contributed by atoms with van der Waals surface area (Å²) in [7, 11) is 0. The van der Waals surface area contributed by atoms with Gasteiger partial charge >= 0.3 is 6.09 Å². The van der Waals surface area contributed by atoms with Gasteiger partial charge in [-0.15, -0.1) is 0 Å². The maximum atomic E-state index is 14.3. The Labute approximate surface area is 125 Å². The highest BCUT2D eigenvalue weighted by molar-refractivity contribution is 5.66. The number of alkyl halides is 1. The van der Waals surface area contributed by atoms with Gasteiger partial charge in [0.2, 0.25) is 0 Å². The monoisotopic (exact) mass is 319 g/mol. The van der Waals surface area contributed by atoms with E-state index in [1.54, 1.807) is 13.8 Å². The predicted octanol–water partition coefficient (Wildman–Crippen LogP) is 4.14. The molecule has 1 fully saturated rings. The number of halogens is 4. The summed E-state index contributed by atoms with van der Waals surface area (Å²) in [4.78, 5) is 12.0. The first-order chi connectivity index (χ1) is 10.1. The Hall–Kier alpha value is -1.79. The minimum Gasteiger partial charge on any atom is -0.465 e. The molecule has 0 bridgehead atoms. The summed E-state index contributed by atoms with van der Waals surface area (Å²) in [5.41, 5.74) is -0.800. The summed E-state index contributed by atoms with van der Waals surface area (Å²) in [5.74, 6) is -4.49. The Morgan fingerprint density at radius 2 is 1.82 bits per heavy atom. The van der Waals surface area contributed by atoms with Gasteiger partial charge in [0.15, 0.2) is 17.5 Å². The number of nitrogens with zero attached hydrogens (tertiary/aromatic N) is 1. The van der Waals surface area contributed by atoms with Crippen molar-refractivity contribution in [1.82, 2.24) is 4.90 Å². The number of rotatable bonds is 4. The van der Waals surface area contributed by atoms with Crippen molar-refractivity contribution in [3.05, 3.63) is 35.1 Å². The smallest absolute Gasteiger partial charge is 0.407 e. The second kappa shape index (κ2) is 5.78. The van der Waals surface area contributed by atoms with Crippen LogP contribution in [0.15, 0.2) is 12.1 Å². The van der Waals surface area contributed by atoms with Crippen LogP contribution < -0.4 is 0 Å². The molecule has 122 valence electrons. The fraction of sp³-hybridized carbons (Fsp3) is 0.533. The molecule has 0 spiro atoms. The van der Waals surface area contributed by atoms with E-state index in [0.717, 1.165) is 0 Å². The summed E-state index contributed by atoms with van der Waals surface area (Å²) in [6.07, 6.45) is -2.71. The standard InChI is InChI=1S/C15H17F4NO2/c1-15(2,9-6-20(7-9)14(21)22)5-12(18)8-3-10(16)13(19)11(17)4-8/h3-4,9,12H,5-7H2,1-2H3,(H,21,22). The Morgan fingerprint density at radius 3 is 2.27 bits per heavy atom. The topological polar surface area (TPSA) is 40.5 Å². The molecule has 2 rings (SSSR count). The van der Waals surface area contributed by atoms with E-state index in [1.807, 2.05) is 0 Å². The van der Waals surface area contributed by atoms with Crippen molar-refractivity contribution in [2.24, 2.45) is 11.3 Å². The van der Waals surface area contributed by atoms with Crippen molar-refractivity contribution in [2.75, 3.05) is 13.1 Å². The van der Waals surface area contributed by atoms with Crippen molar-refractivity contribution in [2.45, 2.75) is 26.4 Å². The largest absolute Gasteiger partial charge is 0.465 e. The fourth-order valence-electron chi connectivity index (χ4n) is 2.63. The zero-order chi connectivity index (χ0) is 16.7. The number of hydrogen-bond acceptors (Lipinski definition) is 1. The van der Waals surface area contributed by atoms with Crippen LogP contribution in [0.2, 0.25) is 0 Å². The fourth-order valence-corrected chi connectivity index (χ4v) is 2.63. The highest BCUT2D eigenvalue weighted by Crippen LogP contribution is 2.42. The molecule has 1 saturated heterocycles. The molecule has 1 aromatic rings. The molecule has 7 heteroatoms. The van der Waals surface area contributed by atoms with Crippen molar-refractivity contribution in [3.63, 3.8) is 0 Å². The molecule has 1 aliphatic heterocycles. The molecule has 0 aromatic heterocycles. The zero-order valence-electron chi connectivity index (χ0n) is 12.2. The van der Waals surface area contributed by atoms with Crippen LogP contribution in [-0.4, -0.2) is 29.2 Å². The van der Waals surface area contributed by atoms with E-state index in [1.165, 1.54) is 4.90 Å². The lowest BCUT2D eigenvalue weighted by Crippen LogP contribution is -2.54. The summed E-state index contributed by atoms with van der Waals surface area (Å²) >= 11 is 0. The summed E-state index contributed by atoms with van der Waals surface area (Å²) in [6, 6.07) is 1.31. The number of benzene rings is 1. The lowest BCUT2D eigenvalue weighted by atomic mass is 9.70. The van der Waals surface area contributed by atoms with Crippen LogP contribution in [0.25, 0.3) is 0 Å². The van der Waals surface area contributed by atoms with Gasteiger partial charge in [-0.2, -0.15) is 0 Å². The van der Waals surface area contributed by atoms with Gasteiger partial charge in [-0.1, -0.05) is 13.8 Å². The van der Waals surface area contributed by atoms with E-state index in [4.69, 9.17) is 5.11 Å². The highest BCUT2D eigenvalue weighted by atomic mass is 19.2. The lowest BCUT2D eigenvalue weighted by molar-refractivity contribution is 0.00680. The minimum atomic E-state index is -1.65. The first-order valence-corrected chi connectivity index (χ1v) is 6.88. The van der Waals surface area contributed by atoms with Crippen LogP contribution in [0.1, 0.15) is 32.0 Å². The van der Waals surface area contributed by atoms with Crippen molar-refractivity contribution < 1.29 is 27.5 Å². The number of likely N-dealkylation sites (tertiary alicyclic amines) is 1. The van der Waals surface area contributed by atoms with Gasteiger partial charge in [-0.05, 0) is 35.4 Å². The molecule has 22 heavy (non-hydrogen) atoms. The van der Waals surface area contributed by atoms with Gasteiger partial charge < -0.3 is 10.0 Å². The molecule has 1 aliphatic rings. The van der Waals surface area contributed by atoms with Gasteiger partial charge in [0, 0.05) is 13.1 Å². The van der Waals surface area contributed by atoms with E-state index >= 15 is 0 Å². The Bertz CT molecular complexity index is 562. The second-order valence-corrected chi connectivity index (χ2v) is 6.34. The molecule has 1 N–H and O–H groups in total. The van der Waals surface area contributed by atoms with E-state index in [9.17, 15) is 22.4 Å². The number of hydrogen-bond donors (Lipinski definition) is 1. The van der Waals surface area contributed by atoms with Gasteiger partial charge in [-0.3, -0.25) is 0 Å². The molecule has 1 heterocycles. The molecule has 0 aliphatic carbocycles. The van der Waals surface area contributed by atoms with Gasteiger partial charge in [0.1, 0.15) is 6.17 Å². The molecule has 0 saturated carbocycles. The Balaban J connectivity index is 2.05. The first-order valence-electron chi connectivity index (χ1n) is 6.88. The van der Waals surface area contributed by atoms with Crippen molar-refractivity contribution in [1.29, 1.82) is 0 Å². The lowest BCUT2D eigenvalue weighted by Gasteiger charge is -2.46. The summed E-state index contributed by atoms with van der Waals surface area (Å²) in [6.45, 7) is 4.17.